The summed E-state index contributed by atoms with van der Waals surface area (Å²) >= 11 is 7.60. The molecule has 0 amide bonds. The SMILES string of the molecule is COc1cc(CCl)ccc1S(=O)(=O)N1CCSC(C)C1C. The minimum absolute atomic E-state index is 0.0360. The maximum atomic E-state index is 12.9. The van der Waals surface area contributed by atoms with E-state index in [1.165, 1.54) is 7.11 Å². The number of hydrogen-bond donors (Lipinski definition) is 0. The van der Waals surface area contributed by atoms with Crippen LogP contribution in [-0.4, -0.2) is 43.4 Å². The molecule has 7 heteroatoms. The summed E-state index contributed by atoms with van der Waals surface area (Å²) in [7, 11) is -2.08. The molecule has 1 aromatic carbocycles. The fourth-order valence-corrected chi connectivity index (χ4v) is 5.68. The number of alkyl halides is 1. The van der Waals surface area contributed by atoms with Gasteiger partial charge in [-0.2, -0.15) is 16.1 Å². The van der Waals surface area contributed by atoms with Crippen molar-refractivity contribution in [1.82, 2.24) is 4.31 Å². The predicted molar refractivity (Wildman–Crippen MR) is 87.8 cm³/mol. The van der Waals surface area contributed by atoms with Crippen LogP contribution in [-0.2, 0) is 15.9 Å². The third-order valence-electron chi connectivity index (χ3n) is 3.79. The molecule has 1 fully saturated rings. The average molecular weight is 350 g/mol. The number of nitrogens with zero attached hydrogens (tertiary/aromatic N) is 1. The lowest BCUT2D eigenvalue weighted by Gasteiger charge is -2.36. The largest absolute Gasteiger partial charge is 0.495 e. The maximum absolute atomic E-state index is 12.9. The zero-order valence-electron chi connectivity index (χ0n) is 12.4. The number of hydrogen-bond acceptors (Lipinski definition) is 4. The zero-order chi connectivity index (χ0) is 15.6. The highest BCUT2D eigenvalue weighted by atomic mass is 35.5. The second-order valence-corrected chi connectivity index (χ2v) is 8.66. The standard InChI is InChI=1S/C14H20ClNO3S2/c1-10-11(2)20-7-6-16(10)21(17,18)14-5-4-12(9-15)8-13(14)19-3/h4-5,8,10-11H,6-7,9H2,1-3H3. The average Bonchev–Trinajstić information content (AvgIpc) is 2.49. The van der Waals surface area contributed by atoms with Crippen molar-refractivity contribution < 1.29 is 13.2 Å². The Morgan fingerprint density at radius 1 is 1.43 bits per heavy atom. The number of benzene rings is 1. The van der Waals surface area contributed by atoms with E-state index in [9.17, 15) is 8.42 Å². The van der Waals surface area contributed by atoms with Crippen LogP contribution in [0.4, 0.5) is 0 Å². The summed E-state index contributed by atoms with van der Waals surface area (Å²) in [6, 6.07) is 4.97. The molecule has 0 saturated carbocycles. The molecule has 0 radical (unpaired) electrons. The molecule has 0 aliphatic carbocycles. The number of rotatable bonds is 4. The van der Waals surface area contributed by atoms with E-state index < -0.39 is 10.0 Å². The van der Waals surface area contributed by atoms with Gasteiger partial charge in [0.05, 0.1) is 7.11 Å². The van der Waals surface area contributed by atoms with Gasteiger partial charge in [-0.15, -0.1) is 11.6 Å². The molecule has 0 N–H and O–H groups in total. The molecule has 1 heterocycles. The molecular weight excluding hydrogens is 330 g/mol. The van der Waals surface area contributed by atoms with Gasteiger partial charge in [-0.3, -0.25) is 0 Å². The lowest BCUT2D eigenvalue weighted by Crippen LogP contribution is -2.47. The van der Waals surface area contributed by atoms with Crippen LogP contribution in [0.25, 0.3) is 0 Å². The molecule has 2 rings (SSSR count). The van der Waals surface area contributed by atoms with Crippen LogP contribution in [0.2, 0.25) is 0 Å². The Balaban J connectivity index is 2.44. The predicted octanol–water partition coefficient (Wildman–Crippen LogP) is 2.95. The molecule has 2 unspecified atom stereocenters. The van der Waals surface area contributed by atoms with Crippen molar-refractivity contribution in [3.8, 4) is 5.75 Å². The highest BCUT2D eigenvalue weighted by Crippen LogP contribution is 2.33. The minimum Gasteiger partial charge on any atom is -0.495 e. The lowest BCUT2D eigenvalue weighted by atomic mass is 10.2. The number of thioether (sulfide) groups is 1. The minimum atomic E-state index is -3.56. The van der Waals surface area contributed by atoms with Crippen LogP contribution < -0.4 is 4.74 Å². The molecule has 0 aromatic heterocycles. The summed E-state index contributed by atoms with van der Waals surface area (Å²) in [4.78, 5) is 0.213. The first-order valence-corrected chi connectivity index (χ1v) is 9.80. The van der Waals surface area contributed by atoms with Gasteiger partial charge in [0.2, 0.25) is 10.0 Å². The summed E-state index contributed by atoms with van der Waals surface area (Å²) in [5.41, 5.74) is 0.836. The molecule has 4 nitrogen and oxygen atoms in total. The third kappa shape index (κ3) is 3.33. The molecule has 1 aliphatic rings. The van der Waals surface area contributed by atoms with E-state index in [1.807, 2.05) is 6.92 Å². The van der Waals surface area contributed by atoms with Crippen molar-refractivity contribution >= 4 is 33.4 Å². The van der Waals surface area contributed by atoms with Gasteiger partial charge in [-0.1, -0.05) is 13.0 Å². The van der Waals surface area contributed by atoms with E-state index >= 15 is 0 Å². The molecule has 2 atom stereocenters. The van der Waals surface area contributed by atoms with Gasteiger partial charge < -0.3 is 4.74 Å². The summed E-state index contributed by atoms with van der Waals surface area (Å²) in [5.74, 6) is 1.49. The van der Waals surface area contributed by atoms with E-state index in [4.69, 9.17) is 16.3 Å². The highest BCUT2D eigenvalue weighted by molar-refractivity contribution is 8.00. The van der Waals surface area contributed by atoms with E-state index in [1.54, 1.807) is 34.3 Å². The van der Waals surface area contributed by atoms with E-state index in [0.717, 1.165) is 11.3 Å². The normalized spacial score (nSPS) is 24.0. The fraction of sp³-hybridized carbons (Fsp3) is 0.571. The quantitative estimate of drug-likeness (QED) is 0.784. The molecule has 21 heavy (non-hydrogen) atoms. The summed E-state index contributed by atoms with van der Waals surface area (Å²) in [5, 5.41) is 0.279. The van der Waals surface area contributed by atoms with Crippen molar-refractivity contribution in [3.63, 3.8) is 0 Å². The Bertz CT molecular complexity index is 606. The molecule has 1 saturated heterocycles. The van der Waals surface area contributed by atoms with E-state index in [-0.39, 0.29) is 16.2 Å². The van der Waals surface area contributed by atoms with Crippen molar-refractivity contribution in [2.24, 2.45) is 0 Å². The molecule has 118 valence electrons. The van der Waals surface area contributed by atoms with E-state index in [2.05, 4.69) is 6.92 Å². The van der Waals surface area contributed by atoms with Crippen molar-refractivity contribution in [2.45, 2.75) is 35.9 Å². The van der Waals surface area contributed by atoms with Gasteiger partial charge >= 0.3 is 0 Å². The van der Waals surface area contributed by atoms with Crippen molar-refractivity contribution in [1.29, 1.82) is 0 Å². The van der Waals surface area contributed by atoms with Crippen LogP contribution >= 0.6 is 23.4 Å². The van der Waals surface area contributed by atoms with Gasteiger partial charge in [0.15, 0.2) is 0 Å². The number of sulfonamides is 1. The van der Waals surface area contributed by atoms with Gasteiger partial charge in [0.25, 0.3) is 0 Å². The number of halogens is 1. The smallest absolute Gasteiger partial charge is 0.247 e. The second kappa shape index (κ2) is 6.77. The van der Waals surface area contributed by atoms with Crippen molar-refractivity contribution in [2.75, 3.05) is 19.4 Å². The fourth-order valence-electron chi connectivity index (χ4n) is 2.38. The Morgan fingerprint density at radius 3 is 2.76 bits per heavy atom. The Labute approximate surface area is 135 Å². The van der Waals surface area contributed by atoms with Crippen LogP contribution in [0.15, 0.2) is 23.1 Å². The van der Waals surface area contributed by atoms with Crippen LogP contribution in [0, 0.1) is 0 Å². The van der Waals surface area contributed by atoms with Gasteiger partial charge in [-0.05, 0) is 24.6 Å². The van der Waals surface area contributed by atoms with E-state index in [0.29, 0.717) is 18.2 Å². The maximum Gasteiger partial charge on any atom is 0.247 e. The third-order valence-corrected chi connectivity index (χ3v) is 7.47. The van der Waals surface area contributed by atoms with Crippen molar-refractivity contribution in [3.05, 3.63) is 23.8 Å². The molecule has 1 aromatic rings. The van der Waals surface area contributed by atoms with Gasteiger partial charge in [0, 0.05) is 29.5 Å². The monoisotopic (exact) mass is 349 g/mol. The number of methoxy groups -OCH3 is 1. The molecule has 1 aliphatic heterocycles. The number of ether oxygens (including phenoxy) is 1. The van der Waals surface area contributed by atoms with Gasteiger partial charge in [0.1, 0.15) is 10.6 Å². The van der Waals surface area contributed by atoms with Crippen LogP contribution in [0.1, 0.15) is 19.4 Å². The zero-order valence-corrected chi connectivity index (χ0v) is 14.8. The Hall–Kier alpha value is -0.430. The first-order chi connectivity index (χ1) is 9.91. The molecule has 0 spiro atoms. The molecular formula is C14H20ClNO3S2. The Kier molecular flexibility index (Phi) is 5.46. The highest BCUT2D eigenvalue weighted by Gasteiger charge is 2.36. The summed E-state index contributed by atoms with van der Waals surface area (Å²) in [6.45, 7) is 4.54. The summed E-state index contributed by atoms with van der Waals surface area (Å²) < 4.78 is 32.7. The summed E-state index contributed by atoms with van der Waals surface area (Å²) in [6.07, 6.45) is 0. The topological polar surface area (TPSA) is 46.6 Å². The second-order valence-electron chi connectivity index (χ2n) is 5.05. The first-order valence-electron chi connectivity index (χ1n) is 6.78. The first kappa shape index (κ1) is 16.9. The molecule has 0 bridgehead atoms. The van der Waals surface area contributed by atoms with Gasteiger partial charge in [-0.25, -0.2) is 8.42 Å². The lowest BCUT2D eigenvalue weighted by molar-refractivity contribution is 0.336. The Morgan fingerprint density at radius 2 is 2.14 bits per heavy atom. The van der Waals surface area contributed by atoms with Crippen LogP contribution in [0.3, 0.4) is 0 Å². The van der Waals surface area contributed by atoms with Crippen LogP contribution in [0.5, 0.6) is 5.75 Å².